The molecular formula is C16H22N2O2. The number of benzene rings is 1. The minimum absolute atomic E-state index is 0.0510. The van der Waals surface area contributed by atoms with Gasteiger partial charge in [0.25, 0.3) is 0 Å². The first kappa shape index (κ1) is 14.7. The number of amides is 1. The second kappa shape index (κ2) is 7.20. The molecule has 108 valence electrons. The summed E-state index contributed by atoms with van der Waals surface area (Å²) in [4.78, 5) is 25.3. The molecule has 4 heteroatoms. The smallest absolute Gasteiger partial charge is 0.234 e. The van der Waals surface area contributed by atoms with E-state index in [2.05, 4.69) is 10.2 Å². The normalized spacial score (nSPS) is 16.9. The highest BCUT2D eigenvalue weighted by Crippen LogP contribution is 2.17. The largest absolute Gasteiger partial charge is 0.351 e. The van der Waals surface area contributed by atoms with Crippen LogP contribution in [0.2, 0.25) is 0 Å². The standard InChI is InChI=1S/C16H22N2O2/c1-13(19)15-7-9-18(10-8-15)12-16(20)17-11-14-5-3-2-4-6-14/h2-6,15H,7-12H2,1H3,(H,17,20). The number of hydrogen-bond acceptors (Lipinski definition) is 3. The predicted octanol–water partition coefficient (Wildman–Crippen LogP) is 1.60. The fourth-order valence-corrected chi connectivity index (χ4v) is 2.55. The van der Waals surface area contributed by atoms with Gasteiger partial charge in [-0.2, -0.15) is 0 Å². The number of ketones is 1. The molecule has 0 bridgehead atoms. The molecule has 4 nitrogen and oxygen atoms in total. The molecule has 0 atom stereocenters. The van der Waals surface area contributed by atoms with Crippen molar-refractivity contribution >= 4 is 11.7 Å². The number of piperidine rings is 1. The molecule has 0 spiro atoms. The van der Waals surface area contributed by atoms with E-state index in [1.807, 2.05) is 30.3 Å². The molecule has 0 unspecified atom stereocenters. The van der Waals surface area contributed by atoms with Gasteiger partial charge in [-0.3, -0.25) is 14.5 Å². The van der Waals surface area contributed by atoms with E-state index in [4.69, 9.17) is 0 Å². The molecule has 1 amide bonds. The second-order valence-electron chi connectivity index (χ2n) is 5.42. The Morgan fingerprint density at radius 3 is 2.45 bits per heavy atom. The minimum Gasteiger partial charge on any atom is -0.351 e. The van der Waals surface area contributed by atoms with Gasteiger partial charge in [-0.1, -0.05) is 30.3 Å². The maximum Gasteiger partial charge on any atom is 0.234 e. The van der Waals surface area contributed by atoms with Gasteiger partial charge >= 0.3 is 0 Å². The third kappa shape index (κ3) is 4.46. The van der Waals surface area contributed by atoms with E-state index in [0.29, 0.717) is 13.1 Å². The molecule has 1 N–H and O–H groups in total. The zero-order chi connectivity index (χ0) is 14.4. The van der Waals surface area contributed by atoms with Crippen LogP contribution in [-0.4, -0.2) is 36.2 Å². The van der Waals surface area contributed by atoms with E-state index >= 15 is 0 Å². The number of rotatable bonds is 5. The molecule has 1 aromatic rings. The van der Waals surface area contributed by atoms with Crippen LogP contribution in [0.3, 0.4) is 0 Å². The Morgan fingerprint density at radius 1 is 1.20 bits per heavy atom. The summed E-state index contributed by atoms with van der Waals surface area (Å²) < 4.78 is 0. The molecule has 0 aliphatic carbocycles. The molecule has 1 aromatic carbocycles. The number of nitrogens with zero attached hydrogens (tertiary/aromatic N) is 1. The number of hydrogen-bond donors (Lipinski definition) is 1. The Kier molecular flexibility index (Phi) is 5.30. The Balaban J connectivity index is 1.69. The van der Waals surface area contributed by atoms with Crippen molar-refractivity contribution in [3.63, 3.8) is 0 Å². The number of carbonyl (C=O) groups excluding carboxylic acids is 2. The molecule has 1 saturated heterocycles. The van der Waals surface area contributed by atoms with E-state index in [1.54, 1.807) is 6.92 Å². The van der Waals surface area contributed by atoms with Crippen molar-refractivity contribution in [3.05, 3.63) is 35.9 Å². The summed E-state index contributed by atoms with van der Waals surface area (Å²) in [5.74, 6) is 0.520. The Morgan fingerprint density at radius 2 is 1.85 bits per heavy atom. The molecule has 2 rings (SSSR count). The SMILES string of the molecule is CC(=O)C1CCN(CC(=O)NCc2ccccc2)CC1. The summed E-state index contributed by atoms with van der Waals surface area (Å²) in [7, 11) is 0. The maximum atomic E-state index is 11.9. The summed E-state index contributed by atoms with van der Waals surface area (Å²) in [6.45, 7) is 4.33. The lowest BCUT2D eigenvalue weighted by atomic mass is 9.93. The lowest BCUT2D eigenvalue weighted by molar-refractivity contribution is -0.123. The van der Waals surface area contributed by atoms with E-state index in [0.717, 1.165) is 31.5 Å². The summed E-state index contributed by atoms with van der Waals surface area (Å²) in [6.07, 6.45) is 1.75. The van der Waals surface area contributed by atoms with E-state index in [9.17, 15) is 9.59 Å². The lowest BCUT2D eigenvalue weighted by Gasteiger charge is -2.30. The molecule has 1 aliphatic heterocycles. The van der Waals surface area contributed by atoms with Crippen molar-refractivity contribution in [2.45, 2.75) is 26.3 Å². The number of carbonyl (C=O) groups is 2. The van der Waals surface area contributed by atoms with Crippen LogP contribution >= 0.6 is 0 Å². The molecule has 20 heavy (non-hydrogen) atoms. The Labute approximate surface area is 120 Å². The van der Waals surface area contributed by atoms with Gasteiger partial charge in [-0.05, 0) is 38.4 Å². The van der Waals surface area contributed by atoms with Crippen LogP contribution in [0, 0.1) is 5.92 Å². The van der Waals surface area contributed by atoms with E-state index in [1.165, 1.54) is 0 Å². The maximum absolute atomic E-state index is 11.9. The van der Waals surface area contributed by atoms with Gasteiger partial charge in [0.05, 0.1) is 6.54 Å². The number of likely N-dealkylation sites (tertiary alicyclic amines) is 1. The van der Waals surface area contributed by atoms with Gasteiger partial charge in [0.15, 0.2) is 0 Å². The van der Waals surface area contributed by atoms with Crippen LogP contribution in [0.1, 0.15) is 25.3 Å². The van der Waals surface area contributed by atoms with Crippen LogP contribution in [-0.2, 0) is 16.1 Å². The average molecular weight is 274 g/mol. The molecule has 1 aliphatic rings. The zero-order valence-corrected chi connectivity index (χ0v) is 12.0. The second-order valence-corrected chi connectivity index (χ2v) is 5.42. The van der Waals surface area contributed by atoms with E-state index in [-0.39, 0.29) is 17.6 Å². The third-order valence-electron chi connectivity index (χ3n) is 3.86. The summed E-state index contributed by atoms with van der Waals surface area (Å²) in [5, 5.41) is 2.93. The van der Waals surface area contributed by atoms with Crippen molar-refractivity contribution in [2.24, 2.45) is 5.92 Å². The quantitative estimate of drug-likeness (QED) is 0.887. The topological polar surface area (TPSA) is 49.4 Å². The van der Waals surface area contributed by atoms with Gasteiger partial charge in [-0.25, -0.2) is 0 Å². The predicted molar refractivity (Wildman–Crippen MR) is 78.1 cm³/mol. The summed E-state index contributed by atoms with van der Waals surface area (Å²) in [5.41, 5.74) is 1.11. The highest BCUT2D eigenvalue weighted by atomic mass is 16.2. The van der Waals surface area contributed by atoms with Crippen LogP contribution in [0.25, 0.3) is 0 Å². The van der Waals surface area contributed by atoms with Gasteiger partial charge in [-0.15, -0.1) is 0 Å². The summed E-state index contributed by atoms with van der Waals surface area (Å²) >= 11 is 0. The zero-order valence-electron chi connectivity index (χ0n) is 12.0. The first-order valence-electron chi connectivity index (χ1n) is 7.18. The number of Topliss-reactive ketones (excluding diaryl/α,β-unsaturated/α-hetero) is 1. The fraction of sp³-hybridized carbons (Fsp3) is 0.500. The molecule has 1 fully saturated rings. The molecular weight excluding hydrogens is 252 g/mol. The monoisotopic (exact) mass is 274 g/mol. The van der Waals surface area contributed by atoms with Gasteiger partial charge in [0.2, 0.25) is 5.91 Å². The molecule has 0 saturated carbocycles. The van der Waals surface area contributed by atoms with Crippen LogP contribution in [0.5, 0.6) is 0 Å². The Hall–Kier alpha value is -1.68. The van der Waals surface area contributed by atoms with Crippen molar-refractivity contribution < 1.29 is 9.59 Å². The van der Waals surface area contributed by atoms with E-state index < -0.39 is 0 Å². The van der Waals surface area contributed by atoms with Crippen LogP contribution < -0.4 is 5.32 Å². The third-order valence-corrected chi connectivity index (χ3v) is 3.86. The first-order valence-corrected chi connectivity index (χ1v) is 7.18. The highest BCUT2D eigenvalue weighted by Gasteiger charge is 2.23. The van der Waals surface area contributed by atoms with Crippen molar-refractivity contribution in [3.8, 4) is 0 Å². The average Bonchev–Trinajstić information content (AvgIpc) is 2.47. The van der Waals surface area contributed by atoms with Gasteiger partial charge in [0, 0.05) is 12.5 Å². The molecule has 1 heterocycles. The number of nitrogens with one attached hydrogen (secondary N) is 1. The fourth-order valence-electron chi connectivity index (χ4n) is 2.55. The Bertz CT molecular complexity index is 451. The van der Waals surface area contributed by atoms with Crippen molar-refractivity contribution in [2.75, 3.05) is 19.6 Å². The van der Waals surface area contributed by atoms with Crippen LogP contribution in [0.15, 0.2) is 30.3 Å². The van der Waals surface area contributed by atoms with Crippen molar-refractivity contribution in [1.82, 2.24) is 10.2 Å². The van der Waals surface area contributed by atoms with Crippen molar-refractivity contribution in [1.29, 1.82) is 0 Å². The first-order chi connectivity index (χ1) is 9.65. The van der Waals surface area contributed by atoms with Crippen LogP contribution in [0.4, 0.5) is 0 Å². The summed E-state index contributed by atoms with van der Waals surface area (Å²) in [6, 6.07) is 9.89. The highest BCUT2D eigenvalue weighted by molar-refractivity contribution is 5.79. The molecule has 0 aromatic heterocycles. The molecule has 0 radical (unpaired) electrons. The minimum atomic E-state index is 0.0510. The van der Waals surface area contributed by atoms with Gasteiger partial charge in [0.1, 0.15) is 5.78 Å². The lowest BCUT2D eigenvalue weighted by Crippen LogP contribution is -2.42. The van der Waals surface area contributed by atoms with Gasteiger partial charge < -0.3 is 5.32 Å².